The smallest absolute Gasteiger partial charge is 0.338 e. The zero-order valence-corrected chi connectivity index (χ0v) is 12.6. The average molecular weight is 310 g/mol. The van der Waals surface area contributed by atoms with Gasteiger partial charge in [0.25, 0.3) is 5.91 Å². The summed E-state index contributed by atoms with van der Waals surface area (Å²) < 4.78 is 10.6. The number of fused-ring (bicyclic) bond motifs is 1. The lowest BCUT2D eigenvalue weighted by molar-refractivity contribution is -0.151. The number of nitrogens with one attached hydrogen (secondary N) is 1. The van der Waals surface area contributed by atoms with Crippen LogP contribution in [0.3, 0.4) is 0 Å². The van der Waals surface area contributed by atoms with Crippen LogP contribution in [-0.4, -0.2) is 31.1 Å². The van der Waals surface area contributed by atoms with Crippen LogP contribution in [0.1, 0.15) is 19.4 Å². The maximum absolute atomic E-state index is 12.0. The molecule has 1 atom stereocenters. The molecule has 0 saturated heterocycles. The van der Waals surface area contributed by atoms with Gasteiger partial charge in [-0.05, 0) is 38.1 Å². The van der Waals surface area contributed by atoms with Gasteiger partial charge in [0.2, 0.25) is 0 Å². The van der Waals surface area contributed by atoms with Gasteiger partial charge in [-0.3, -0.25) is 4.79 Å². The van der Waals surface area contributed by atoms with E-state index in [1.54, 1.807) is 31.2 Å². The molecule has 0 aliphatic carbocycles. The Morgan fingerprint density at radius 2 is 2.24 bits per heavy atom. The maximum Gasteiger partial charge on any atom is 0.338 e. The van der Waals surface area contributed by atoms with Gasteiger partial charge in [0.1, 0.15) is 12.4 Å². The largest absolute Gasteiger partial charge is 0.488 e. The second-order valence-corrected chi connectivity index (χ2v) is 5.02. The van der Waals surface area contributed by atoms with Crippen molar-refractivity contribution >= 4 is 29.6 Å². The minimum atomic E-state index is -0.848. The van der Waals surface area contributed by atoms with E-state index in [1.165, 1.54) is 6.92 Å². The first-order chi connectivity index (χ1) is 10.0. The van der Waals surface area contributed by atoms with Gasteiger partial charge in [0.05, 0.1) is 5.57 Å². The first-order valence-corrected chi connectivity index (χ1v) is 7.00. The van der Waals surface area contributed by atoms with Gasteiger partial charge in [-0.2, -0.15) is 0 Å². The molecule has 0 spiro atoms. The minimum absolute atomic E-state index is 0.107. The van der Waals surface area contributed by atoms with Crippen molar-refractivity contribution in [2.24, 2.45) is 0 Å². The summed E-state index contributed by atoms with van der Waals surface area (Å²) in [5, 5.41) is 3.15. The molecule has 112 valence electrons. The number of rotatable bonds is 4. The SMILES string of the molecule is CCNC(=O)C(C)OC(=O)C1=Cc2cc(Cl)ccc2OC1. The van der Waals surface area contributed by atoms with Crippen LogP contribution >= 0.6 is 11.6 Å². The van der Waals surface area contributed by atoms with Crippen LogP contribution in [0.25, 0.3) is 6.08 Å². The Kier molecular flexibility index (Phi) is 4.85. The Hall–Kier alpha value is -2.01. The quantitative estimate of drug-likeness (QED) is 0.866. The highest BCUT2D eigenvalue weighted by Gasteiger charge is 2.23. The molecule has 1 amide bonds. The first-order valence-electron chi connectivity index (χ1n) is 6.63. The number of hydrogen-bond acceptors (Lipinski definition) is 4. The van der Waals surface area contributed by atoms with E-state index in [-0.39, 0.29) is 12.5 Å². The van der Waals surface area contributed by atoms with Gasteiger partial charge in [-0.25, -0.2) is 4.79 Å². The Bertz CT molecular complexity index is 597. The van der Waals surface area contributed by atoms with Crippen LogP contribution in [0.15, 0.2) is 23.8 Å². The van der Waals surface area contributed by atoms with Crippen molar-refractivity contribution < 1.29 is 19.1 Å². The van der Waals surface area contributed by atoms with Crippen molar-refractivity contribution in [3.63, 3.8) is 0 Å². The fourth-order valence-corrected chi connectivity index (χ4v) is 2.05. The zero-order valence-electron chi connectivity index (χ0n) is 11.8. The highest BCUT2D eigenvalue weighted by Crippen LogP contribution is 2.29. The molecule has 0 saturated carbocycles. The number of likely N-dealkylation sites (N-methyl/N-ethyl adjacent to an activating group) is 1. The van der Waals surface area contributed by atoms with Crippen LogP contribution < -0.4 is 10.1 Å². The number of carbonyl (C=O) groups is 2. The van der Waals surface area contributed by atoms with Crippen LogP contribution in [0.5, 0.6) is 5.75 Å². The molecule has 0 fully saturated rings. The molecular formula is C15H16ClNO4. The molecule has 1 aliphatic heterocycles. The number of benzene rings is 1. The van der Waals surface area contributed by atoms with Gasteiger partial charge in [-0.15, -0.1) is 0 Å². The molecule has 21 heavy (non-hydrogen) atoms. The van der Waals surface area contributed by atoms with Gasteiger partial charge in [0, 0.05) is 17.1 Å². The van der Waals surface area contributed by atoms with Crippen molar-refractivity contribution in [3.05, 3.63) is 34.4 Å². The standard InChI is InChI=1S/C15H16ClNO4/c1-3-17-14(18)9(2)21-15(19)11-6-10-7-12(16)4-5-13(10)20-8-11/h4-7,9H,3,8H2,1-2H3,(H,17,18). The molecule has 1 N–H and O–H groups in total. The van der Waals surface area contributed by atoms with Crippen molar-refractivity contribution in [2.75, 3.05) is 13.2 Å². The summed E-state index contributed by atoms with van der Waals surface area (Å²) in [7, 11) is 0. The molecule has 1 aromatic rings. The summed E-state index contributed by atoms with van der Waals surface area (Å²) in [4.78, 5) is 23.6. The number of hydrogen-bond donors (Lipinski definition) is 1. The lowest BCUT2D eigenvalue weighted by Gasteiger charge is -2.19. The molecule has 1 aliphatic rings. The van der Waals surface area contributed by atoms with Crippen molar-refractivity contribution in [1.29, 1.82) is 0 Å². The van der Waals surface area contributed by atoms with E-state index in [2.05, 4.69) is 5.32 Å². The van der Waals surface area contributed by atoms with E-state index in [1.807, 2.05) is 0 Å². The summed E-state index contributed by atoms with van der Waals surface area (Å²) in [6.45, 7) is 3.91. The lowest BCUT2D eigenvalue weighted by atomic mass is 10.1. The maximum atomic E-state index is 12.0. The average Bonchev–Trinajstić information content (AvgIpc) is 2.46. The summed E-state index contributed by atoms with van der Waals surface area (Å²) in [6.07, 6.45) is 0.816. The second kappa shape index (κ2) is 6.63. The predicted octanol–water partition coefficient (Wildman–Crippen LogP) is 2.18. The van der Waals surface area contributed by atoms with E-state index in [0.29, 0.717) is 28.5 Å². The fraction of sp³-hybridized carbons (Fsp3) is 0.333. The van der Waals surface area contributed by atoms with Gasteiger partial charge >= 0.3 is 5.97 Å². The number of ether oxygens (including phenoxy) is 2. The monoisotopic (exact) mass is 309 g/mol. The van der Waals surface area contributed by atoms with Crippen molar-refractivity contribution in [2.45, 2.75) is 20.0 Å². The fourth-order valence-electron chi connectivity index (χ4n) is 1.87. The van der Waals surface area contributed by atoms with E-state index in [4.69, 9.17) is 21.1 Å². The molecule has 0 bridgehead atoms. The van der Waals surface area contributed by atoms with Crippen LogP contribution in [0.2, 0.25) is 5.02 Å². The Morgan fingerprint density at radius 3 is 2.95 bits per heavy atom. The number of amides is 1. The third kappa shape index (κ3) is 3.76. The Labute approximate surface area is 127 Å². The second-order valence-electron chi connectivity index (χ2n) is 4.58. The summed E-state index contributed by atoms with van der Waals surface area (Å²) in [5.41, 5.74) is 1.06. The molecule has 1 heterocycles. The first kappa shape index (κ1) is 15.4. The highest BCUT2D eigenvalue weighted by atomic mass is 35.5. The minimum Gasteiger partial charge on any atom is -0.488 e. The van der Waals surface area contributed by atoms with Gasteiger partial charge in [0.15, 0.2) is 6.10 Å². The van der Waals surface area contributed by atoms with Crippen molar-refractivity contribution in [1.82, 2.24) is 5.32 Å². The summed E-state index contributed by atoms with van der Waals surface area (Å²) in [6, 6.07) is 5.17. The Morgan fingerprint density at radius 1 is 1.48 bits per heavy atom. The third-order valence-corrected chi connectivity index (χ3v) is 3.19. The molecule has 5 nitrogen and oxygen atoms in total. The molecule has 0 radical (unpaired) electrons. The topological polar surface area (TPSA) is 64.6 Å². The van der Waals surface area contributed by atoms with E-state index < -0.39 is 12.1 Å². The molecule has 2 rings (SSSR count). The molecule has 1 unspecified atom stereocenters. The number of carbonyl (C=O) groups excluding carboxylic acids is 2. The Balaban J connectivity index is 2.08. The highest BCUT2D eigenvalue weighted by molar-refractivity contribution is 6.30. The zero-order chi connectivity index (χ0) is 15.4. The van der Waals surface area contributed by atoms with E-state index in [9.17, 15) is 9.59 Å². The van der Waals surface area contributed by atoms with E-state index in [0.717, 1.165) is 0 Å². The van der Waals surface area contributed by atoms with Gasteiger partial charge < -0.3 is 14.8 Å². The van der Waals surface area contributed by atoms with Gasteiger partial charge in [-0.1, -0.05) is 11.6 Å². The number of esters is 1. The lowest BCUT2D eigenvalue weighted by Crippen LogP contribution is -2.36. The third-order valence-electron chi connectivity index (χ3n) is 2.95. The number of halogens is 1. The van der Waals surface area contributed by atoms with Crippen molar-refractivity contribution in [3.8, 4) is 5.75 Å². The summed E-state index contributed by atoms with van der Waals surface area (Å²) in [5.74, 6) is -0.237. The molecule has 0 aromatic heterocycles. The van der Waals surface area contributed by atoms with E-state index >= 15 is 0 Å². The summed E-state index contributed by atoms with van der Waals surface area (Å²) >= 11 is 5.91. The molecule has 1 aromatic carbocycles. The normalized spacial score (nSPS) is 14.3. The van der Waals surface area contributed by atoms with Crippen LogP contribution in [-0.2, 0) is 14.3 Å². The molecule has 6 heteroatoms. The predicted molar refractivity (Wildman–Crippen MR) is 79.2 cm³/mol. The van der Waals surface area contributed by atoms with Crippen LogP contribution in [0, 0.1) is 0 Å². The molecular weight excluding hydrogens is 294 g/mol. The van der Waals surface area contributed by atoms with Crippen LogP contribution in [0.4, 0.5) is 0 Å².